The van der Waals surface area contributed by atoms with E-state index in [4.69, 9.17) is 0 Å². The number of aliphatic hydroxyl groups excluding tert-OH is 1. The van der Waals surface area contributed by atoms with E-state index in [2.05, 4.69) is 53.2 Å². The first-order chi connectivity index (χ1) is 13.2. The molecule has 1 atom stereocenters. The van der Waals surface area contributed by atoms with E-state index in [0.29, 0.717) is 17.1 Å². The van der Waals surface area contributed by atoms with Crippen LogP contribution in [0.2, 0.25) is 0 Å². The maximum atomic E-state index is 9.79. The van der Waals surface area contributed by atoms with Gasteiger partial charge in [0, 0.05) is 12.2 Å². The highest BCUT2D eigenvalue weighted by Crippen LogP contribution is 2.25. The molecule has 2 N–H and O–H groups in total. The fourth-order valence-corrected chi connectivity index (χ4v) is 2.72. The standard InChI is InChI=1S/C21H28N6O/c1-13-9-17(25-26-20(13)23-15(3)21(4,5)6)16-7-8-19(18(11-28)24-16)27-10-14(2)22-12-27/h7-10,12,15,28H,11H2,1-6H3,(H,23,26)/t15-/m0/s1. The largest absolute Gasteiger partial charge is 0.390 e. The monoisotopic (exact) mass is 380 g/mol. The van der Waals surface area contributed by atoms with Gasteiger partial charge in [0.25, 0.3) is 0 Å². The molecule has 0 unspecified atom stereocenters. The second kappa shape index (κ2) is 7.67. The lowest BCUT2D eigenvalue weighted by Gasteiger charge is -2.28. The highest BCUT2D eigenvalue weighted by Gasteiger charge is 2.21. The summed E-state index contributed by atoms with van der Waals surface area (Å²) < 4.78 is 1.86. The second-order valence-electron chi connectivity index (χ2n) is 8.24. The van der Waals surface area contributed by atoms with E-state index in [-0.39, 0.29) is 18.1 Å². The van der Waals surface area contributed by atoms with Crippen molar-refractivity contribution < 1.29 is 5.11 Å². The number of aliphatic hydroxyl groups is 1. The van der Waals surface area contributed by atoms with Crippen molar-refractivity contribution in [3.05, 3.63) is 47.7 Å². The Labute approximate surface area is 165 Å². The maximum absolute atomic E-state index is 9.79. The molecule has 28 heavy (non-hydrogen) atoms. The predicted octanol–water partition coefficient (Wildman–Crippen LogP) is 3.68. The second-order valence-corrected chi connectivity index (χ2v) is 8.24. The Morgan fingerprint density at radius 1 is 1.14 bits per heavy atom. The zero-order valence-electron chi connectivity index (χ0n) is 17.4. The molecule has 3 aromatic rings. The summed E-state index contributed by atoms with van der Waals surface area (Å²) in [6.07, 6.45) is 3.61. The van der Waals surface area contributed by atoms with Crippen LogP contribution in [0, 0.1) is 19.3 Å². The molecule has 3 rings (SSSR count). The third-order valence-corrected chi connectivity index (χ3v) is 4.99. The Balaban J connectivity index is 1.90. The number of rotatable bonds is 5. The van der Waals surface area contributed by atoms with Gasteiger partial charge in [-0.2, -0.15) is 0 Å². The number of nitrogens with one attached hydrogen (secondary N) is 1. The van der Waals surface area contributed by atoms with Crippen molar-refractivity contribution in [1.29, 1.82) is 0 Å². The van der Waals surface area contributed by atoms with Crippen LogP contribution >= 0.6 is 0 Å². The van der Waals surface area contributed by atoms with Crippen molar-refractivity contribution in [3.63, 3.8) is 0 Å². The summed E-state index contributed by atoms with van der Waals surface area (Å²) in [7, 11) is 0. The Morgan fingerprint density at radius 3 is 2.46 bits per heavy atom. The van der Waals surface area contributed by atoms with Gasteiger partial charge in [0.15, 0.2) is 5.82 Å². The van der Waals surface area contributed by atoms with Crippen molar-refractivity contribution in [2.24, 2.45) is 5.41 Å². The average molecular weight is 380 g/mol. The minimum Gasteiger partial charge on any atom is -0.390 e. The number of hydrogen-bond donors (Lipinski definition) is 2. The van der Waals surface area contributed by atoms with Crippen LogP contribution in [0.5, 0.6) is 0 Å². The molecule has 0 bridgehead atoms. The molecule has 3 heterocycles. The molecule has 3 aromatic heterocycles. The van der Waals surface area contributed by atoms with Crippen molar-refractivity contribution in [3.8, 4) is 17.1 Å². The van der Waals surface area contributed by atoms with E-state index >= 15 is 0 Å². The SMILES string of the molecule is Cc1cn(-c2ccc(-c3cc(C)c(N[C@@H](C)C(C)(C)C)nn3)nc2CO)cn1. The van der Waals surface area contributed by atoms with Gasteiger partial charge in [0.1, 0.15) is 5.69 Å². The van der Waals surface area contributed by atoms with Gasteiger partial charge in [-0.05, 0) is 49.9 Å². The van der Waals surface area contributed by atoms with Gasteiger partial charge in [-0.15, -0.1) is 10.2 Å². The molecule has 0 fully saturated rings. The van der Waals surface area contributed by atoms with Crippen LogP contribution in [0.3, 0.4) is 0 Å². The molecule has 7 heteroatoms. The lowest BCUT2D eigenvalue weighted by atomic mass is 9.88. The quantitative estimate of drug-likeness (QED) is 0.702. The summed E-state index contributed by atoms with van der Waals surface area (Å²) in [6.45, 7) is 12.5. The van der Waals surface area contributed by atoms with Crippen LogP contribution in [0.1, 0.15) is 44.6 Å². The molecule has 0 spiro atoms. The van der Waals surface area contributed by atoms with Crippen LogP contribution < -0.4 is 5.32 Å². The number of nitrogens with zero attached hydrogens (tertiary/aromatic N) is 5. The van der Waals surface area contributed by atoms with Gasteiger partial charge >= 0.3 is 0 Å². The minimum absolute atomic E-state index is 0.117. The summed E-state index contributed by atoms with van der Waals surface area (Å²) in [5.41, 5.74) is 4.74. The molecule has 7 nitrogen and oxygen atoms in total. The number of anilines is 1. The lowest BCUT2D eigenvalue weighted by molar-refractivity contribution is 0.276. The van der Waals surface area contributed by atoms with E-state index in [1.165, 1.54) is 0 Å². The summed E-state index contributed by atoms with van der Waals surface area (Å²) in [5, 5.41) is 21.9. The lowest BCUT2D eigenvalue weighted by Crippen LogP contribution is -2.31. The summed E-state index contributed by atoms with van der Waals surface area (Å²) in [6, 6.07) is 6.02. The van der Waals surface area contributed by atoms with E-state index in [1.807, 2.05) is 42.8 Å². The van der Waals surface area contributed by atoms with Gasteiger partial charge < -0.3 is 15.0 Å². The molecular weight excluding hydrogens is 352 g/mol. The highest BCUT2D eigenvalue weighted by molar-refractivity contribution is 5.60. The van der Waals surface area contributed by atoms with E-state index in [0.717, 1.165) is 22.8 Å². The van der Waals surface area contributed by atoms with Gasteiger partial charge in [-0.3, -0.25) is 0 Å². The molecule has 0 aliphatic carbocycles. The minimum atomic E-state index is -0.171. The van der Waals surface area contributed by atoms with Crippen LogP contribution in [-0.2, 0) is 6.61 Å². The number of aromatic nitrogens is 5. The first-order valence-electron chi connectivity index (χ1n) is 9.42. The molecule has 0 aliphatic rings. The first kappa shape index (κ1) is 19.9. The normalized spacial score (nSPS) is 12.8. The zero-order valence-corrected chi connectivity index (χ0v) is 17.4. The van der Waals surface area contributed by atoms with E-state index < -0.39 is 0 Å². The van der Waals surface area contributed by atoms with Crippen LogP contribution in [0.25, 0.3) is 17.1 Å². The third-order valence-electron chi connectivity index (χ3n) is 4.99. The van der Waals surface area contributed by atoms with Gasteiger partial charge in [0.05, 0.1) is 35.7 Å². The number of pyridine rings is 1. The maximum Gasteiger partial charge on any atom is 0.151 e. The van der Waals surface area contributed by atoms with E-state index in [9.17, 15) is 5.11 Å². The molecule has 0 aromatic carbocycles. The molecule has 0 saturated heterocycles. The fraction of sp³-hybridized carbons (Fsp3) is 0.429. The Hall–Kier alpha value is -2.80. The van der Waals surface area contributed by atoms with Crippen LogP contribution in [0.4, 0.5) is 5.82 Å². The number of imidazole rings is 1. The van der Waals surface area contributed by atoms with Crippen LogP contribution in [0.15, 0.2) is 30.7 Å². The Bertz CT molecular complexity index is 973. The Kier molecular flexibility index (Phi) is 5.47. The van der Waals surface area contributed by atoms with Crippen LogP contribution in [-0.4, -0.2) is 35.9 Å². The van der Waals surface area contributed by atoms with Gasteiger partial charge in [-0.1, -0.05) is 20.8 Å². The van der Waals surface area contributed by atoms with E-state index in [1.54, 1.807) is 6.33 Å². The third kappa shape index (κ3) is 4.20. The van der Waals surface area contributed by atoms with Crippen molar-refractivity contribution in [2.45, 2.75) is 54.2 Å². The average Bonchev–Trinajstić information content (AvgIpc) is 3.08. The zero-order chi connectivity index (χ0) is 20.5. The predicted molar refractivity (Wildman–Crippen MR) is 110 cm³/mol. The summed E-state index contributed by atoms with van der Waals surface area (Å²) in [5.74, 6) is 0.777. The summed E-state index contributed by atoms with van der Waals surface area (Å²) >= 11 is 0. The molecular formula is C21H28N6O. The Morgan fingerprint density at radius 2 is 1.89 bits per heavy atom. The number of hydrogen-bond acceptors (Lipinski definition) is 6. The molecule has 148 valence electrons. The molecule has 0 saturated carbocycles. The molecule has 0 amide bonds. The first-order valence-corrected chi connectivity index (χ1v) is 9.42. The van der Waals surface area contributed by atoms with Crippen molar-refractivity contribution >= 4 is 5.82 Å². The van der Waals surface area contributed by atoms with Gasteiger partial charge in [-0.25, -0.2) is 9.97 Å². The van der Waals surface area contributed by atoms with Crippen molar-refractivity contribution in [2.75, 3.05) is 5.32 Å². The fourth-order valence-electron chi connectivity index (χ4n) is 2.72. The molecule has 0 radical (unpaired) electrons. The highest BCUT2D eigenvalue weighted by atomic mass is 16.3. The number of aryl methyl sites for hydroxylation is 2. The summed E-state index contributed by atoms with van der Waals surface area (Å²) in [4.78, 5) is 8.83. The molecule has 0 aliphatic heterocycles. The van der Waals surface area contributed by atoms with Crippen molar-refractivity contribution in [1.82, 2.24) is 24.7 Å². The topological polar surface area (TPSA) is 88.8 Å². The smallest absolute Gasteiger partial charge is 0.151 e. The van der Waals surface area contributed by atoms with Gasteiger partial charge in [0.2, 0.25) is 0 Å².